The van der Waals surface area contributed by atoms with Crippen LogP contribution in [0.2, 0.25) is 0 Å². The lowest BCUT2D eigenvalue weighted by molar-refractivity contribution is 0.652. The van der Waals surface area contributed by atoms with Crippen molar-refractivity contribution in [2.75, 3.05) is 7.05 Å². The highest BCUT2D eigenvalue weighted by molar-refractivity contribution is 5.39. The predicted molar refractivity (Wildman–Crippen MR) is 69.7 cm³/mol. The number of benzene rings is 1. The maximum atomic E-state index is 3.46. The zero-order chi connectivity index (χ0) is 11.5. The van der Waals surface area contributed by atoms with E-state index in [0.29, 0.717) is 6.04 Å². The van der Waals surface area contributed by atoms with Gasteiger partial charge in [0.1, 0.15) is 0 Å². The van der Waals surface area contributed by atoms with Gasteiger partial charge in [0.15, 0.2) is 0 Å². The molecule has 1 aliphatic carbocycles. The number of allylic oxidation sites excluding steroid dienone is 1. The standard InChI is InChI=1S/C15H21N/c1-11-7-6-10-14(12(11)2)15(16-3)13-8-4-5-9-13/h6-8,10,15-16H,4-5,9H2,1-3H3. The van der Waals surface area contributed by atoms with Gasteiger partial charge in [-0.2, -0.15) is 0 Å². The molecule has 0 saturated heterocycles. The van der Waals surface area contributed by atoms with Crippen LogP contribution in [0.3, 0.4) is 0 Å². The van der Waals surface area contributed by atoms with Gasteiger partial charge in [0.2, 0.25) is 0 Å². The van der Waals surface area contributed by atoms with E-state index < -0.39 is 0 Å². The third-order valence-electron chi connectivity index (χ3n) is 3.69. The molecule has 1 unspecified atom stereocenters. The fraction of sp³-hybridized carbons (Fsp3) is 0.467. The molecule has 0 spiro atoms. The van der Waals surface area contributed by atoms with Gasteiger partial charge in [0.25, 0.3) is 0 Å². The lowest BCUT2D eigenvalue weighted by Crippen LogP contribution is -2.19. The van der Waals surface area contributed by atoms with Gasteiger partial charge in [-0.15, -0.1) is 0 Å². The average molecular weight is 215 g/mol. The van der Waals surface area contributed by atoms with E-state index in [1.807, 2.05) is 0 Å². The molecular formula is C15H21N. The highest BCUT2D eigenvalue weighted by Gasteiger charge is 2.19. The van der Waals surface area contributed by atoms with Crippen LogP contribution in [0.1, 0.15) is 42.0 Å². The van der Waals surface area contributed by atoms with Crippen molar-refractivity contribution in [2.45, 2.75) is 39.2 Å². The summed E-state index contributed by atoms with van der Waals surface area (Å²) in [4.78, 5) is 0. The van der Waals surface area contributed by atoms with E-state index >= 15 is 0 Å². The molecule has 16 heavy (non-hydrogen) atoms. The summed E-state index contributed by atoms with van der Waals surface area (Å²) < 4.78 is 0. The zero-order valence-corrected chi connectivity index (χ0v) is 10.5. The summed E-state index contributed by atoms with van der Waals surface area (Å²) in [5.41, 5.74) is 5.82. The van der Waals surface area contributed by atoms with Crippen LogP contribution in [0.25, 0.3) is 0 Å². The number of hydrogen-bond donors (Lipinski definition) is 1. The average Bonchev–Trinajstić information content (AvgIpc) is 2.79. The molecule has 0 amide bonds. The first-order valence-corrected chi connectivity index (χ1v) is 6.16. The minimum atomic E-state index is 0.419. The zero-order valence-electron chi connectivity index (χ0n) is 10.5. The van der Waals surface area contributed by atoms with E-state index in [9.17, 15) is 0 Å². The summed E-state index contributed by atoms with van der Waals surface area (Å²) in [5, 5.41) is 3.46. The van der Waals surface area contributed by atoms with Crippen molar-refractivity contribution < 1.29 is 0 Å². The summed E-state index contributed by atoms with van der Waals surface area (Å²) in [6.45, 7) is 4.42. The van der Waals surface area contributed by atoms with Gasteiger partial charge in [-0.3, -0.25) is 0 Å². The molecule has 2 rings (SSSR count). The predicted octanol–water partition coefficient (Wildman–Crippen LogP) is 3.67. The maximum Gasteiger partial charge on any atom is 0.0536 e. The summed E-state index contributed by atoms with van der Waals surface area (Å²) in [6, 6.07) is 7.02. The van der Waals surface area contributed by atoms with E-state index in [0.717, 1.165) is 0 Å². The second-order valence-corrected chi connectivity index (χ2v) is 4.68. The van der Waals surface area contributed by atoms with Crippen molar-refractivity contribution >= 4 is 0 Å². The normalized spacial score (nSPS) is 17.3. The smallest absolute Gasteiger partial charge is 0.0536 e. The highest BCUT2D eigenvalue weighted by atomic mass is 14.9. The Hall–Kier alpha value is -1.08. The van der Waals surface area contributed by atoms with Crippen LogP contribution in [0, 0.1) is 13.8 Å². The van der Waals surface area contributed by atoms with E-state index in [4.69, 9.17) is 0 Å². The molecule has 0 bridgehead atoms. The first-order valence-electron chi connectivity index (χ1n) is 6.16. The van der Waals surface area contributed by atoms with Gasteiger partial charge >= 0.3 is 0 Å². The minimum Gasteiger partial charge on any atom is -0.310 e. The third kappa shape index (κ3) is 2.05. The quantitative estimate of drug-likeness (QED) is 0.758. The topological polar surface area (TPSA) is 12.0 Å². The molecule has 1 atom stereocenters. The molecule has 0 aliphatic heterocycles. The molecule has 1 aromatic rings. The Morgan fingerprint density at radius 1 is 1.25 bits per heavy atom. The van der Waals surface area contributed by atoms with Crippen LogP contribution in [-0.2, 0) is 0 Å². The van der Waals surface area contributed by atoms with Gasteiger partial charge in [-0.1, -0.05) is 29.8 Å². The van der Waals surface area contributed by atoms with Crippen molar-refractivity contribution in [3.05, 3.63) is 46.5 Å². The first-order chi connectivity index (χ1) is 7.74. The maximum absolute atomic E-state index is 3.46. The number of hydrogen-bond acceptors (Lipinski definition) is 1. The Kier molecular flexibility index (Phi) is 3.45. The Balaban J connectivity index is 2.36. The minimum absolute atomic E-state index is 0.419. The van der Waals surface area contributed by atoms with Crippen molar-refractivity contribution in [3.8, 4) is 0 Å². The third-order valence-corrected chi connectivity index (χ3v) is 3.69. The molecule has 0 saturated carbocycles. The molecule has 1 N–H and O–H groups in total. The van der Waals surface area contributed by atoms with E-state index in [1.54, 1.807) is 5.57 Å². The lowest BCUT2D eigenvalue weighted by Gasteiger charge is -2.21. The van der Waals surface area contributed by atoms with Crippen molar-refractivity contribution in [3.63, 3.8) is 0 Å². The van der Waals surface area contributed by atoms with Crippen molar-refractivity contribution in [2.24, 2.45) is 0 Å². The van der Waals surface area contributed by atoms with Crippen molar-refractivity contribution in [1.82, 2.24) is 5.32 Å². The summed E-state index contributed by atoms with van der Waals surface area (Å²) in [5.74, 6) is 0. The van der Waals surface area contributed by atoms with E-state index in [2.05, 4.69) is 50.5 Å². The molecule has 1 aromatic carbocycles. The second-order valence-electron chi connectivity index (χ2n) is 4.68. The van der Waals surface area contributed by atoms with Gasteiger partial charge in [0.05, 0.1) is 6.04 Å². The molecule has 0 fully saturated rings. The van der Waals surface area contributed by atoms with Gasteiger partial charge in [-0.05, 0) is 56.8 Å². The summed E-state index contributed by atoms with van der Waals surface area (Å²) in [6.07, 6.45) is 6.22. The number of nitrogens with one attached hydrogen (secondary N) is 1. The van der Waals surface area contributed by atoms with Gasteiger partial charge < -0.3 is 5.32 Å². The Bertz CT molecular complexity index is 404. The van der Waals surface area contributed by atoms with Crippen LogP contribution in [0.4, 0.5) is 0 Å². The largest absolute Gasteiger partial charge is 0.310 e. The second kappa shape index (κ2) is 4.84. The molecular weight excluding hydrogens is 194 g/mol. The number of aryl methyl sites for hydroxylation is 1. The molecule has 1 aliphatic rings. The van der Waals surface area contributed by atoms with E-state index in [1.165, 1.54) is 36.0 Å². The van der Waals surface area contributed by atoms with Crippen LogP contribution < -0.4 is 5.32 Å². The number of likely N-dealkylation sites (N-methyl/N-ethyl adjacent to an activating group) is 1. The molecule has 0 aromatic heterocycles. The van der Waals surface area contributed by atoms with Crippen LogP contribution in [0.5, 0.6) is 0 Å². The summed E-state index contributed by atoms with van der Waals surface area (Å²) >= 11 is 0. The molecule has 0 heterocycles. The number of rotatable bonds is 3. The van der Waals surface area contributed by atoms with E-state index in [-0.39, 0.29) is 0 Å². The van der Waals surface area contributed by atoms with Crippen molar-refractivity contribution in [1.29, 1.82) is 0 Å². The monoisotopic (exact) mass is 215 g/mol. The molecule has 0 radical (unpaired) electrons. The Morgan fingerprint density at radius 2 is 2.06 bits per heavy atom. The van der Waals surface area contributed by atoms with Crippen LogP contribution in [0.15, 0.2) is 29.8 Å². The fourth-order valence-electron chi connectivity index (χ4n) is 2.59. The molecule has 1 nitrogen and oxygen atoms in total. The van der Waals surface area contributed by atoms with Gasteiger partial charge in [-0.25, -0.2) is 0 Å². The van der Waals surface area contributed by atoms with Crippen LogP contribution in [-0.4, -0.2) is 7.05 Å². The van der Waals surface area contributed by atoms with Crippen LogP contribution >= 0.6 is 0 Å². The molecule has 86 valence electrons. The van der Waals surface area contributed by atoms with Gasteiger partial charge in [0, 0.05) is 0 Å². The fourth-order valence-corrected chi connectivity index (χ4v) is 2.59. The molecule has 1 heteroatoms. The summed E-state index contributed by atoms with van der Waals surface area (Å²) in [7, 11) is 2.06. The SMILES string of the molecule is CNC(C1=CCCC1)c1cccc(C)c1C. The Labute approximate surface area is 98.6 Å². The highest BCUT2D eigenvalue weighted by Crippen LogP contribution is 2.32. The first kappa shape index (κ1) is 11.4. The Morgan fingerprint density at radius 3 is 2.69 bits per heavy atom. The lowest BCUT2D eigenvalue weighted by atomic mass is 9.92.